The molecule has 2 amide bonds. The molecule has 2 aliphatic rings. The fourth-order valence-electron chi connectivity index (χ4n) is 2.06. The maximum atomic E-state index is 12.1. The topological polar surface area (TPSA) is 37.4 Å². The molecule has 0 spiro atoms. The number of fused-ring (bicyclic) bond motifs is 1. The van der Waals surface area contributed by atoms with Crippen molar-refractivity contribution in [3.05, 3.63) is 35.4 Å². The summed E-state index contributed by atoms with van der Waals surface area (Å²) in [4.78, 5) is 25.6. The highest BCUT2D eigenvalue weighted by atomic mass is 32.2. The van der Waals surface area contributed by atoms with Crippen LogP contribution in [0, 0.1) is 0 Å². The Kier molecular flexibility index (Phi) is 3.17. The number of hydrogen-bond acceptors (Lipinski definition) is 5. The summed E-state index contributed by atoms with van der Waals surface area (Å²) in [6, 6.07) is 6.97. The molecule has 92 valence electrons. The lowest BCUT2D eigenvalue weighted by Crippen LogP contribution is -2.35. The Labute approximate surface area is 118 Å². The summed E-state index contributed by atoms with van der Waals surface area (Å²) in [5.41, 5.74) is 1.03. The Bertz CT molecular complexity index is 523. The molecule has 0 aromatic heterocycles. The van der Waals surface area contributed by atoms with E-state index in [4.69, 9.17) is 12.2 Å². The predicted molar refractivity (Wildman–Crippen MR) is 78.2 cm³/mol. The van der Waals surface area contributed by atoms with E-state index in [1.54, 1.807) is 47.8 Å². The zero-order valence-electron chi connectivity index (χ0n) is 9.29. The van der Waals surface area contributed by atoms with Crippen molar-refractivity contribution in [1.29, 1.82) is 0 Å². The molecule has 3 rings (SSSR count). The number of amides is 2. The largest absolute Gasteiger partial charge is 0.273 e. The third-order valence-corrected chi connectivity index (χ3v) is 6.06. The van der Waals surface area contributed by atoms with Crippen LogP contribution in [0.3, 0.4) is 0 Å². The highest BCUT2D eigenvalue weighted by Crippen LogP contribution is 2.34. The Morgan fingerprint density at radius 1 is 1.22 bits per heavy atom. The van der Waals surface area contributed by atoms with Gasteiger partial charge in [-0.15, -0.1) is 23.5 Å². The minimum atomic E-state index is -0.181. The summed E-state index contributed by atoms with van der Waals surface area (Å²) in [6.07, 6.45) is 0. The van der Waals surface area contributed by atoms with Crippen LogP contribution in [0.4, 0.5) is 0 Å². The molecule has 0 radical (unpaired) electrons. The number of rotatable bonds is 2. The van der Waals surface area contributed by atoms with E-state index < -0.39 is 0 Å². The van der Waals surface area contributed by atoms with Crippen LogP contribution in [-0.4, -0.2) is 37.8 Å². The lowest BCUT2D eigenvalue weighted by Gasteiger charge is -2.16. The van der Waals surface area contributed by atoms with Gasteiger partial charge in [-0.25, -0.2) is 0 Å². The van der Waals surface area contributed by atoms with Crippen LogP contribution in [0.25, 0.3) is 0 Å². The fourth-order valence-corrected chi connectivity index (χ4v) is 4.96. The standard InChI is InChI=1S/C12H9NO2S3/c14-10-8-3-1-2-4-9(8)11(15)13(10)5-7-6-17-12(16)18-7/h1-4,7H,5-6H2/t7-/m1/s1. The SMILES string of the molecule is O=C1c2ccccc2C(=O)N1C[C@@H]1CSC(=S)S1. The zero-order valence-corrected chi connectivity index (χ0v) is 11.7. The maximum Gasteiger partial charge on any atom is 0.261 e. The fraction of sp³-hybridized carbons (Fsp3) is 0.250. The number of imide groups is 1. The van der Waals surface area contributed by atoms with Gasteiger partial charge >= 0.3 is 0 Å². The molecule has 1 saturated heterocycles. The summed E-state index contributed by atoms with van der Waals surface area (Å²) in [5.74, 6) is 0.509. The molecule has 0 bridgehead atoms. The normalized spacial score (nSPS) is 22.8. The number of thiocarbonyl (C=S) groups is 1. The molecule has 0 N–H and O–H groups in total. The van der Waals surface area contributed by atoms with Gasteiger partial charge in [0.2, 0.25) is 0 Å². The minimum Gasteiger partial charge on any atom is -0.273 e. The summed E-state index contributed by atoms with van der Waals surface area (Å²) >= 11 is 8.31. The van der Waals surface area contributed by atoms with Gasteiger partial charge < -0.3 is 0 Å². The molecule has 0 saturated carbocycles. The van der Waals surface area contributed by atoms with Crippen molar-refractivity contribution in [1.82, 2.24) is 4.90 Å². The van der Waals surface area contributed by atoms with E-state index in [0.29, 0.717) is 17.7 Å². The van der Waals surface area contributed by atoms with Crippen molar-refractivity contribution >= 4 is 51.1 Å². The summed E-state index contributed by atoms with van der Waals surface area (Å²) in [7, 11) is 0. The summed E-state index contributed by atoms with van der Waals surface area (Å²) in [5, 5.41) is 0.227. The molecule has 1 atom stereocenters. The monoisotopic (exact) mass is 295 g/mol. The summed E-state index contributed by atoms with van der Waals surface area (Å²) in [6.45, 7) is 0.449. The van der Waals surface area contributed by atoms with Gasteiger partial charge in [-0.1, -0.05) is 24.4 Å². The van der Waals surface area contributed by atoms with Crippen LogP contribution in [0.5, 0.6) is 0 Å². The first kappa shape index (κ1) is 12.2. The highest BCUT2D eigenvalue weighted by molar-refractivity contribution is 8.49. The minimum absolute atomic E-state index is 0.181. The van der Waals surface area contributed by atoms with Gasteiger partial charge in [0.05, 0.1) is 11.1 Å². The van der Waals surface area contributed by atoms with Gasteiger partial charge in [0.1, 0.15) is 3.53 Å². The first-order valence-electron chi connectivity index (χ1n) is 5.45. The van der Waals surface area contributed by atoms with Gasteiger partial charge in [-0.3, -0.25) is 14.5 Å². The second-order valence-electron chi connectivity index (χ2n) is 4.07. The van der Waals surface area contributed by atoms with E-state index in [0.717, 1.165) is 9.28 Å². The van der Waals surface area contributed by atoms with Crippen LogP contribution in [0.15, 0.2) is 24.3 Å². The smallest absolute Gasteiger partial charge is 0.261 e. The van der Waals surface area contributed by atoms with E-state index in [9.17, 15) is 9.59 Å². The number of carbonyl (C=O) groups excluding carboxylic acids is 2. The van der Waals surface area contributed by atoms with Crippen molar-refractivity contribution in [2.75, 3.05) is 12.3 Å². The third kappa shape index (κ3) is 1.98. The molecule has 18 heavy (non-hydrogen) atoms. The molecule has 6 heteroatoms. The predicted octanol–water partition coefficient (Wildman–Crippen LogP) is 2.42. The number of benzene rings is 1. The Morgan fingerprint density at radius 3 is 2.33 bits per heavy atom. The van der Waals surface area contributed by atoms with E-state index >= 15 is 0 Å². The molecule has 3 nitrogen and oxygen atoms in total. The van der Waals surface area contributed by atoms with Crippen molar-refractivity contribution in [3.8, 4) is 0 Å². The van der Waals surface area contributed by atoms with Gasteiger partial charge in [0.25, 0.3) is 11.8 Å². The molecule has 1 fully saturated rings. The van der Waals surface area contributed by atoms with E-state index in [-0.39, 0.29) is 17.1 Å². The Balaban J connectivity index is 1.82. The van der Waals surface area contributed by atoms with Crippen LogP contribution in [0.2, 0.25) is 0 Å². The number of carbonyl (C=O) groups is 2. The Hall–Kier alpha value is -0.850. The van der Waals surface area contributed by atoms with Crippen LogP contribution >= 0.6 is 35.7 Å². The average molecular weight is 295 g/mol. The highest BCUT2D eigenvalue weighted by Gasteiger charge is 2.37. The van der Waals surface area contributed by atoms with E-state index in [2.05, 4.69) is 0 Å². The lowest BCUT2D eigenvalue weighted by molar-refractivity contribution is 0.0657. The van der Waals surface area contributed by atoms with Gasteiger partial charge in [-0.2, -0.15) is 0 Å². The lowest BCUT2D eigenvalue weighted by atomic mass is 10.1. The van der Waals surface area contributed by atoms with E-state index in [1.165, 1.54) is 4.90 Å². The van der Waals surface area contributed by atoms with Crippen molar-refractivity contribution in [2.45, 2.75) is 5.25 Å². The second-order valence-corrected chi connectivity index (χ2v) is 7.59. The molecule has 1 aromatic rings. The molecule has 0 unspecified atom stereocenters. The molecular weight excluding hydrogens is 286 g/mol. The maximum absolute atomic E-state index is 12.1. The van der Waals surface area contributed by atoms with Gasteiger partial charge in [0, 0.05) is 17.5 Å². The molecule has 0 aliphatic carbocycles. The Morgan fingerprint density at radius 2 is 1.83 bits per heavy atom. The average Bonchev–Trinajstić information content (AvgIpc) is 2.88. The molecule has 2 heterocycles. The molecular formula is C12H9NO2S3. The number of hydrogen-bond donors (Lipinski definition) is 0. The molecule has 2 aliphatic heterocycles. The van der Waals surface area contributed by atoms with E-state index in [1.807, 2.05) is 0 Å². The number of thioether (sulfide) groups is 2. The first-order chi connectivity index (χ1) is 8.66. The number of nitrogens with zero attached hydrogens (tertiary/aromatic N) is 1. The van der Waals surface area contributed by atoms with Crippen LogP contribution in [0.1, 0.15) is 20.7 Å². The zero-order chi connectivity index (χ0) is 12.7. The van der Waals surface area contributed by atoms with Crippen LogP contribution in [-0.2, 0) is 0 Å². The third-order valence-electron chi connectivity index (χ3n) is 2.91. The second kappa shape index (κ2) is 4.68. The summed E-state index contributed by atoms with van der Waals surface area (Å²) < 4.78 is 0.900. The van der Waals surface area contributed by atoms with Crippen molar-refractivity contribution < 1.29 is 9.59 Å². The van der Waals surface area contributed by atoms with Gasteiger partial charge in [0.15, 0.2) is 0 Å². The first-order valence-corrected chi connectivity index (χ1v) is 7.73. The quantitative estimate of drug-likeness (QED) is 0.619. The van der Waals surface area contributed by atoms with Crippen molar-refractivity contribution in [2.24, 2.45) is 0 Å². The van der Waals surface area contributed by atoms with Crippen LogP contribution < -0.4 is 0 Å². The molecule has 1 aromatic carbocycles. The van der Waals surface area contributed by atoms with Crippen molar-refractivity contribution in [3.63, 3.8) is 0 Å². The van der Waals surface area contributed by atoms with Gasteiger partial charge in [-0.05, 0) is 12.1 Å².